The van der Waals surface area contributed by atoms with E-state index < -0.39 is 0 Å². The molecule has 5 nitrogen and oxygen atoms in total. The molecular formula is C13H20N2O3. The molecule has 1 atom stereocenters. The molecule has 0 spiro atoms. The van der Waals surface area contributed by atoms with Crippen LogP contribution in [-0.4, -0.2) is 22.2 Å². The van der Waals surface area contributed by atoms with Gasteiger partial charge >= 0.3 is 0 Å². The van der Waals surface area contributed by atoms with Gasteiger partial charge in [0, 0.05) is 7.11 Å². The molecule has 2 N–H and O–H groups in total. The molecule has 100 valence electrons. The molecule has 0 bridgehead atoms. The Balaban J connectivity index is 2.29. The van der Waals surface area contributed by atoms with Crippen molar-refractivity contribution in [2.24, 2.45) is 5.92 Å². The Morgan fingerprint density at radius 2 is 2.06 bits per heavy atom. The van der Waals surface area contributed by atoms with E-state index >= 15 is 0 Å². The minimum atomic E-state index is -0.296. The first-order valence-corrected chi connectivity index (χ1v) is 6.46. The SMILES string of the molecule is COC(c1nc(O)c(C)c(=O)[nH]1)C1CCCCC1. The summed E-state index contributed by atoms with van der Waals surface area (Å²) in [5.74, 6) is 0.609. The largest absolute Gasteiger partial charge is 0.493 e. The zero-order valence-electron chi connectivity index (χ0n) is 10.9. The van der Waals surface area contributed by atoms with Crippen molar-refractivity contribution in [3.63, 3.8) is 0 Å². The number of methoxy groups -OCH3 is 1. The van der Waals surface area contributed by atoms with Crippen LogP contribution < -0.4 is 5.56 Å². The van der Waals surface area contributed by atoms with Crippen molar-refractivity contribution in [1.82, 2.24) is 9.97 Å². The number of hydrogen-bond donors (Lipinski definition) is 2. The number of nitrogens with one attached hydrogen (secondary N) is 1. The van der Waals surface area contributed by atoms with Crippen molar-refractivity contribution >= 4 is 0 Å². The Bertz CT molecular complexity index is 464. The number of aromatic amines is 1. The van der Waals surface area contributed by atoms with Crippen molar-refractivity contribution in [2.75, 3.05) is 7.11 Å². The van der Waals surface area contributed by atoms with Gasteiger partial charge in [-0.3, -0.25) is 4.79 Å². The smallest absolute Gasteiger partial charge is 0.257 e. The monoisotopic (exact) mass is 252 g/mol. The Hall–Kier alpha value is -1.36. The highest BCUT2D eigenvalue weighted by molar-refractivity contribution is 5.21. The summed E-state index contributed by atoms with van der Waals surface area (Å²) in [4.78, 5) is 18.4. The predicted molar refractivity (Wildman–Crippen MR) is 67.6 cm³/mol. The number of aromatic nitrogens is 2. The molecule has 1 saturated carbocycles. The van der Waals surface area contributed by atoms with Gasteiger partial charge < -0.3 is 14.8 Å². The second-order valence-electron chi connectivity index (χ2n) is 4.95. The number of rotatable bonds is 3. The van der Waals surface area contributed by atoms with E-state index in [4.69, 9.17) is 4.74 Å². The standard InChI is InChI=1S/C13H20N2O3/c1-8-12(16)14-11(15-13(8)17)10(18-2)9-6-4-3-5-7-9/h9-10H,3-7H2,1-2H3,(H2,14,15,16,17). The maximum absolute atomic E-state index is 11.7. The lowest BCUT2D eigenvalue weighted by Crippen LogP contribution is -2.24. The van der Waals surface area contributed by atoms with Gasteiger partial charge in [-0.1, -0.05) is 19.3 Å². The van der Waals surface area contributed by atoms with Crippen LogP contribution in [0.4, 0.5) is 0 Å². The van der Waals surface area contributed by atoms with E-state index in [0.717, 1.165) is 12.8 Å². The molecule has 1 aliphatic carbocycles. The zero-order chi connectivity index (χ0) is 13.1. The van der Waals surface area contributed by atoms with E-state index in [9.17, 15) is 9.90 Å². The first-order chi connectivity index (χ1) is 8.63. The van der Waals surface area contributed by atoms with Gasteiger partial charge in [0.05, 0.1) is 5.56 Å². The van der Waals surface area contributed by atoms with Crippen molar-refractivity contribution in [1.29, 1.82) is 0 Å². The fraction of sp³-hybridized carbons (Fsp3) is 0.692. The molecule has 1 aromatic rings. The van der Waals surface area contributed by atoms with Gasteiger partial charge in [0.1, 0.15) is 11.9 Å². The molecule has 0 aliphatic heterocycles. The third kappa shape index (κ3) is 2.56. The highest BCUT2D eigenvalue weighted by atomic mass is 16.5. The van der Waals surface area contributed by atoms with E-state index in [1.807, 2.05) is 0 Å². The molecule has 0 aromatic carbocycles. The van der Waals surface area contributed by atoms with Crippen LogP contribution in [0.25, 0.3) is 0 Å². The minimum Gasteiger partial charge on any atom is -0.493 e. The fourth-order valence-electron chi connectivity index (χ4n) is 2.64. The summed E-state index contributed by atoms with van der Waals surface area (Å²) < 4.78 is 5.48. The van der Waals surface area contributed by atoms with Crippen LogP contribution in [0.2, 0.25) is 0 Å². The van der Waals surface area contributed by atoms with Crippen molar-refractivity contribution < 1.29 is 9.84 Å². The Labute approximate surface area is 106 Å². The summed E-state index contributed by atoms with van der Waals surface area (Å²) in [6.45, 7) is 1.55. The van der Waals surface area contributed by atoms with Gasteiger partial charge in [0.25, 0.3) is 5.56 Å². The molecule has 0 saturated heterocycles. The maximum atomic E-state index is 11.7. The minimum absolute atomic E-state index is 0.202. The normalized spacial score (nSPS) is 18.8. The van der Waals surface area contributed by atoms with Crippen LogP contribution >= 0.6 is 0 Å². The van der Waals surface area contributed by atoms with Gasteiger partial charge in [-0.15, -0.1) is 0 Å². The zero-order valence-corrected chi connectivity index (χ0v) is 10.9. The second kappa shape index (κ2) is 5.52. The number of aromatic hydroxyl groups is 1. The Morgan fingerprint density at radius 3 is 2.61 bits per heavy atom. The number of H-pyrrole nitrogens is 1. The van der Waals surface area contributed by atoms with E-state index in [2.05, 4.69) is 9.97 Å². The summed E-state index contributed by atoms with van der Waals surface area (Å²) in [7, 11) is 1.62. The summed E-state index contributed by atoms with van der Waals surface area (Å²) in [5, 5.41) is 9.64. The Morgan fingerprint density at radius 1 is 1.39 bits per heavy atom. The molecule has 0 amide bonds. The average molecular weight is 252 g/mol. The lowest BCUT2D eigenvalue weighted by atomic mass is 9.85. The van der Waals surface area contributed by atoms with Crippen LogP contribution in [0, 0.1) is 12.8 Å². The molecule has 1 heterocycles. The van der Waals surface area contributed by atoms with Gasteiger partial charge in [0.2, 0.25) is 5.88 Å². The summed E-state index contributed by atoms with van der Waals surface area (Å²) in [6, 6.07) is 0. The van der Waals surface area contributed by atoms with Crippen LogP contribution in [0.3, 0.4) is 0 Å². The van der Waals surface area contributed by atoms with Gasteiger partial charge in [-0.05, 0) is 25.7 Å². The molecular weight excluding hydrogens is 232 g/mol. The number of ether oxygens (including phenoxy) is 1. The fourth-order valence-corrected chi connectivity index (χ4v) is 2.64. The molecule has 1 aliphatic rings. The predicted octanol–water partition coefficient (Wildman–Crippen LogP) is 2.05. The van der Waals surface area contributed by atoms with Crippen molar-refractivity contribution in [3.8, 4) is 5.88 Å². The lowest BCUT2D eigenvalue weighted by Gasteiger charge is -2.28. The molecule has 1 fully saturated rings. The molecule has 2 rings (SSSR count). The second-order valence-corrected chi connectivity index (χ2v) is 4.95. The number of hydrogen-bond acceptors (Lipinski definition) is 4. The van der Waals surface area contributed by atoms with Gasteiger partial charge in [-0.2, -0.15) is 4.98 Å². The molecule has 5 heteroatoms. The maximum Gasteiger partial charge on any atom is 0.257 e. The lowest BCUT2D eigenvalue weighted by molar-refractivity contribution is 0.0283. The summed E-state index contributed by atoms with van der Waals surface area (Å²) in [6.07, 6.45) is 5.56. The molecule has 1 aromatic heterocycles. The van der Waals surface area contributed by atoms with Crippen LogP contribution in [0.1, 0.15) is 49.6 Å². The molecule has 0 radical (unpaired) electrons. The van der Waals surface area contributed by atoms with E-state index in [0.29, 0.717) is 11.7 Å². The van der Waals surface area contributed by atoms with E-state index in [-0.39, 0.29) is 23.1 Å². The molecule has 1 unspecified atom stereocenters. The highest BCUT2D eigenvalue weighted by Crippen LogP contribution is 2.35. The average Bonchev–Trinajstić information content (AvgIpc) is 2.38. The molecule has 18 heavy (non-hydrogen) atoms. The van der Waals surface area contributed by atoms with Gasteiger partial charge in [-0.25, -0.2) is 0 Å². The van der Waals surface area contributed by atoms with Crippen molar-refractivity contribution in [3.05, 3.63) is 21.7 Å². The van der Waals surface area contributed by atoms with Crippen LogP contribution in [-0.2, 0) is 4.74 Å². The summed E-state index contributed by atoms with van der Waals surface area (Å²) >= 11 is 0. The third-order valence-corrected chi connectivity index (χ3v) is 3.75. The van der Waals surface area contributed by atoms with Crippen LogP contribution in [0.15, 0.2) is 4.79 Å². The highest BCUT2D eigenvalue weighted by Gasteiger charge is 2.27. The first-order valence-electron chi connectivity index (χ1n) is 6.46. The van der Waals surface area contributed by atoms with Crippen molar-refractivity contribution in [2.45, 2.75) is 45.1 Å². The Kier molecular flexibility index (Phi) is 4.01. The van der Waals surface area contributed by atoms with Gasteiger partial charge in [0.15, 0.2) is 0 Å². The summed E-state index contributed by atoms with van der Waals surface area (Å²) in [5.41, 5.74) is -0.0485. The quantitative estimate of drug-likeness (QED) is 0.863. The van der Waals surface area contributed by atoms with Crippen LogP contribution in [0.5, 0.6) is 5.88 Å². The topological polar surface area (TPSA) is 75.2 Å². The third-order valence-electron chi connectivity index (χ3n) is 3.75. The number of nitrogens with zero attached hydrogens (tertiary/aromatic N) is 1. The van der Waals surface area contributed by atoms with E-state index in [1.165, 1.54) is 19.3 Å². The van der Waals surface area contributed by atoms with E-state index in [1.54, 1.807) is 14.0 Å². The first kappa shape index (κ1) is 13.1.